The van der Waals surface area contributed by atoms with Crippen LogP contribution < -0.4 is 0 Å². The molecule has 0 N–H and O–H groups in total. The first-order valence-electron chi connectivity index (χ1n) is 10.1. The molecule has 30 heavy (non-hydrogen) atoms. The molecule has 0 aliphatic carbocycles. The number of thiazole rings is 1. The van der Waals surface area contributed by atoms with Crippen molar-refractivity contribution < 1.29 is 4.74 Å². The van der Waals surface area contributed by atoms with Crippen molar-refractivity contribution in [2.45, 2.75) is 19.4 Å². The van der Waals surface area contributed by atoms with E-state index in [2.05, 4.69) is 66.2 Å². The average molecular weight is 413 g/mol. The van der Waals surface area contributed by atoms with Gasteiger partial charge in [0.25, 0.3) is 0 Å². The normalized spacial score (nSPS) is 10.8. The van der Waals surface area contributed by atoms with Gasteiger partial charge in [-0.3, -0.25) is 4.98 Å². The second-order valence-electron chi connectivity index (χ2n) is 7.00. The van der Waals surface area contributed by atoms with E-state index in [1.54, 1.807) is 17.5 Å². The van der Waals surface area contributed by atoms with Crippen LogP contribution in [0.15, 0.2) is 85.7 Å². The van der Waals surface area contributed by atoms with Gasteiger partial charge in [0.2, 0.25) is 0 Å². The fraction of sp³-hybridized carbons (Fsp3) is 0.154. The molecule has 0 aliphatic rings. The maximum Gasteiger partial charge on any atom is 0.125 e. The number of aryl methyl sites for hydroxylation is 1. The van der Waals surface area contributed by atoms with Crippen molar-refractivity contribution in [3.8, 4) is 21.0 Å². The smallest absolute Gasteiger partial charge is 0.125 e. The fourth-order valence-corrected chi connectivity index (χ4v) is 4.34. The SMILES string of the molecule is C=Cc1ccc(COCCCc2nc(-c3cccnc3)sc2-c2ccccc2)cc1. The summed E-state index contributed by atoms with van der Waals surface area (Å²) in [5.41, 5.74) is 5.70. The summed E-state index contributed by atoms with van der Waals surface area (Å²) in [5.74, 6) is 0. The molecule has 0 fully saturated rings. The van der Waals surface area contributed by atoms with Crippen LogP contribution in [0.4, 0.5) is 0 Å². The van der Waals surface area contributed by atoms with Crippen LogP contribution in [0.25, 0.3) is 27.1 Å². The fourth-order valence-electron chi connectivity index (χ4n) is 3.23. The van der Waals surface area contributed by atoms with E-state index in [1.807, 2.05) is 24.4 Å². The van der Waals surface area contributed by atoms with Gasteiger partial charge >= 0.3 is 0 Å². The number of rotatable bonds is 9. The molecule has 2 aromatic heterocycles. The summed E-state index contributed by atoms with van der Waals surface area (Å²) in [6, 6.07) is 22.8. The highest BCUT2D eigenvalue weighted by Crippen LogP contribution is 2.35. The lowest BCUT2D eigenvalue weighted by molar-refractivity contribution is 0.118. The van der Waals surface area contributed by atoms with Gasteiger partial charge in [0.15, 0.2) is 0 Å². The molecule has 150 valence electrons. The molecule has 2 aromatic carbocycles. The van der Waals surface area contributed by atoms with Gasteiger partial charge in [-0.15, -0.1) is 11.3 Å². The number of ether oxygens (including phenoxy) is 1. The highest BCUT2D eigenvalue weighted by atomic mass is 32.1. The molecule has 0 atom stereocenters. The summed E-state index contributed by atoms with van der Waals surface area (Å²) in [5, 5.41) is 1.01. The van der Waals surface area contributed by atoms with Gasteiger partial charge in [0.05, 0.1) is 17.2 Å². The van der Waals surface area contributed by atoms with Crippen molar-refractivity contribution in [3.63, 3.8) is 0 Å². The maximum atomic E-state index is 5.89. The molecule has 4 aromatic rings. The Kier molecular flexibility index (Phi) is 6.80. The molecular formula is C26H24N2OS. The summed E-state index contributed by atoms with van der Waals surface area (Å²) >= 11 is 1.73. The zero-order valence-corrected chi connectivity index (χ0v) is 17.6. The van der Waals surface area contributed by atoms with Crippen LogP contribution in [-0.2, 0) is 17.8 Å². The number of benzene rings is 2. The van der Waals surface area contributed by atoms with Crippen LogP contribution in [0.1, 0.15) is 23.2 Å². The molecule has 0 unspecified atom stereocenters. The van der Waals surface area contributed by atoms with Crippen LogP contribution in [0, 0.1) is 0 Å². The molecule has 3 nitrogen and oxygen atoms in total. The van der Waals surface area contributed by atoms with Crippen LogP contribution in [0.3, 0.4) is 0 Å². The largest absolute Gasteiger partial charge is 0.377 e. The molecule has 4 heteroatoms. The third-order valence-electron chi connectivity index (χ3n) is 4.83. The van der Waals surface area contributed by atoms with Gasteiger partial charge in [-0.25, -0.2) is 4.98 Å². The van der Waals surface area contributed by atoms with E-state index in [4.69, 9.17) is 9.72 Å². The van der Waals surface area contributed by atoms with E-state index in [9.17, 15) is 0 Å². The molecule has 2 heterocycles. The second-order valence-corrected chi connectivity index (χ2v) is 8.00. The molecule has 0 aliphatic heterocycles. The highest BCUT2D eigenvalue weighted by Gasteiger charge is 2.14. The monoisotopic (exact) mass is 412 g/mol. The first-order chi connectivity index (χ1) is 14.8. The number of hydrogen-bond acceptors (Lipinski definition) is 4. The second kappa shape index (κ2) is 10.1. The topological polar surface area (TPSA) is 35.0 Å². The van der Waals surface area contributed by atoms with E-state index in [0.717, 1.165) is 34.7 Å². The van der Waals surface area contributed by atoms with Crippen LogP contribution in [0.5, 0.6) is 0 Å². The molecule has 0 spiro atoms. The lowest BCUT2D eigenvalue weighted by Gasteiger charge is -2.06. The van der Waals surface area contributed by atoms with E-state index in [-0.39, 0.29) is 0 Å². The lowest BCUT2D eigenvalue weighted by Crippen LogP contribution is -1.98. The number of nitrogens with zero attached hydrogens (tertiary/aromatic N) is 2. The molecule has 4 rings (SSSR count). The molecule has 0 saturated carbocycles. The van der Waals surface area contributed by atoms with Gasteiger partial charge in [-0.1, -0.05) is 67.3 Å². The minimum Gasteiger partial charge on any atom is -0.377 e. The Labute approximate surface area is 181 Å². The zero-order valence-electron chi connectivity index (χ0n) is 16.8. The van der Waals surface area contributed by atoms with Crippen molar-refractivity contribution >= 4 is 17.4 Å². The average Bonchev–Trinajstić information content (AvgIpc) is 3.25. The minimum absolute atomic E-state index is 0.626. The van der Waals surface area contributed by atoms with Gasteiger partial charge in [-0.2, -0.15) is 0 Å². The van der Waals surface area contributed by atoms with Crippen LogP contribution in [-0.4, -0.2) is 16.6 Å². The third-order valence-corrected chi connectivity index (χ3v) is 6.02. The summed E-state index contributed by atoms with van der Waals surface area (Å²) in [7, 11) is 0. The Balaban J connectivity index is 1.41. The van der Waals surface area contributed by atoms with Gasteiger partial charge in [0, 0.05) is 24.6 Å². The van der Waals surface area contributed by atoms with Crippen molar-refractivity contribution in [2.75, 3.05) is 6.61 Å². The Morgan fingerprint density at radius 2 is 1.73 bits per heavy atom. The van der Waals surface area contributed by atoms with E-state index in [0.29, 0.717) is 13.2 Å². The Morgan fingerprint density at radius 3 is 2.47 bits per heavy atom. The Hall–Kier alpha value is -3.08. The first-order valence-corrected chi connectivity index (χ1v) is 10.9. The van der Waals surface area contributed by atoms with E-state index >= 15 is 0 Å². The summed E-state index contributed by atoms with van der Waals surface area (Å²) < 4.78 is 5.89. The number of aromatic nitrogens is 2. The Bertz CT molecular complexity index is 1070. The van der Waals surface area contributed by atoms with Gasteiger partial charge < -0.3 is 4.74 Å². The van der Waals surface area contributed by atoms with Crippen molar-refractivity contribution in [2.24, 2.45) is 0 Å². The van der Waals surface area contributed by atoms with Crippen molar-refractivity contribution in [1.29, 1.82) is 0 Å². The quantitative estimate of drug-likeness (QED) is 0.288. The molecule has 0 saturated heterocycles. The van der Waals surface area contributed by atoms with Crippen molar-refractivity contribution in [1.82, 2.24) is 9.97 Å². The number of hydrogen-bond donors (Lipinski definition) is 0. The Morgan fingerprint density at radius 1 is 0.933 bits per heavy atom. The molecule has 0 amide bonds. The van der Waals surface area contributed by atoms with Gasteiger partial charge in [-0.05, 0) is 41.7 Å². The predicted molar refractivity (Wildman–Crippen MR) is 125 cm³/mol. The van der Waals surface area contributed by atoms with Crippen molar-refractivity contribution in [3.05, 3.63) is 103 Å². The summed E-state index contributed by atoms with van der Waals surface area (Å²) in [4.78, 5) is 10.4. The van der Waals surface area contributed by atoms with Crippen LogP contribution >= 0.6 is 11.3 Å². The standard InChI is InChI=1S/C26H24N2OS/c1-2-20-12-14-21(15-13-20)19-29-17-7-11-24-25(22-8-4-3-5-9-22)30-26(28-24)23-10-6-16-27-18-23/h2-6,8-10,12-16,18H,1,7,11,17,19H2. The minimum atomic E-state index is 0.626. The predicted octanol–water partition coefficient (Wildman–Crippen LogP) is 6.66. The lowest BCUT2D eigenvalue weighted by atomic mass is 10.1. The highest BCUT2D eigenvalue weighted by molar-refractivity contribution is 7.18. The van der Waals surface area contributed by atoms with Crippen LogP contribution in [0.2, 0.25) is 0 Å². The molecular weight excluding hydrogens is 388 g/mol. The number of pyridine rings is 1. The van der Waals surface area contributed by atoms with E-state index < -0.39 is 0 Å². The zero-order chi connectivity index (χ0) is 20.6. The van der Waals surface area contributed by atoms with E-state index in [1.165, 1.54) is 16.0 Å². The third kappa shape index (κ3) is 5.09. The summed E-state index contributed by atoms with van der Waals surface area (Å²) in [6.45, 7) is 5.12. The molecule has 0 bridgehead atoms. The molecule has 0 radical (unpaired) electrons. The maximum absolute atomic E-state index is 5.89. The summed E-state index contributed by atoms with van der Waals surface area (Å²) in [6.07, 6.45) is 7.33. The van der Waals surface area contributed by atoms with Gasteiger partial charge in [0.1, 0.15) is 5.01 Å². The first kappa shape index (κ1) is 20.2.